The molecule has 5 nitrogen and oxygen atoms in total. The second-order valence-corrected chi connectivity index (χ2v) is 5.02. The Balaban J connectivity index is 2.45. The van der Waals surface area contributed by atoms with E-state index in [0.29, 0.717) is 0 Å². The molecule has 0 saturated heterocycles. The summed E-state index contributed by atoms with van der Waals surface area (Å²) in [7, 11) is 1.31. The third-order valence-electron chi connectivity index (χ3n) is 3.30. The Bertz CT molecular complexity index is 934. The molecule has 0 radical (unpaired) electrons. The molecule has 0 spiro atoms. The summed E-state index contributed by atoms with van der Waals surface area (Å²) >= 11 is 6.06. The number of ether oxygens (including phenoxy) is 1. The largest absolute Gasteiger partial charge is 0.496 e. The third-order valence-corrected chi connectivity index (χ3v) is 3.59. The number of methoxy groups -OCH3 is 1. The van der Waals surface area contributed by atoms with Crippen LogP contribution in [0.2, 0.25) is 5.02 Å². The molecule has 0 unspecified atom stereocenters. The fraction of sp³-hybridized carbons (Fsp3) is 0.0667. The number of hydrogen-bond donors (Lipinski definition) is 2. The van der Waals surface area contributed by atoms with Gasteiger partial charge in [-0.3, -0.25) is 0 Å². The fourth-order valence-electron chi connectivity index (χ4n) is 2.31. The van der Waals surface area contributed by atoms with E-state index < -0.39 is 23.5 Å². The minimum atomic E-state index is -1.01. The molecular formula is C15H9ClF2N2O3. The molecule has 3 aromatic rings. The van der Waals surface area contributed by atoms with Crippen LogP contribution in [0.4, 0.5) is 8.78 Å². The first-order valence-electron chi connectivity index (χ1n) is 6.34. The molecule has 3 rings (SSSR count). The minimum absolute atomic E-state index is 0.0765. The number of benzene rings is 2. The SMILES string of the molecule is COc1cccc(F)c1-c1c(Cl)cc2c(O)nc(O)nc2c1F. The summed E-state index contributed by atoms with van der Waals surface area (Å²) in [4.78, 5) is 6.85. The van der Waals surface area contributed by atoms with Crippen molar-refractivity contribution in [3.05, 3.63) is 40.9 Å². The standard InChI is InChI=1S/C15H9ClF2N2O3/c1-23-9-4-2-3-8(17)11(9)10-7(16)5-6-13(12(10)18)19-15(22)20-14(6)21/h2-5H,1H3,(H2,19,20,21,22). The van der Waals surface area contributed by atoms with E-state index in [1.54, 1.807) is 0 Å². The zero-order valence-electron chi connectivity index (χ0n) is 11.6. The highest BCUT2D eigenvalue weighted by atomic mass is 35.5. The summed E-state index contributed by atoms with van der Waals surface area (Å²) in [6.07, 6.45) is 0. The van der Waals surface area contributed by atoms with Crippen molar-refractivity contribution in [1.82, 2.24) is 9.97 Å². The van der Waals surface area contributed by atoms with Crippen molar-refractivity contribution in [2.24, 2.45) is 0 Å². The molecule has 2 N–H and O–H groups in total. The van der Waals surface area contributed by atoms with Crippen LogP contribution in [0, 0.1) is 11.6 Å². The van der Waals surface area contributed by atoms with Gasteiger partial charge in [0.1, 0.15) is 17.1 Å². The maximum Gasteiger partial charge on any atom is 0.317 e. The zero-order chi connectivity index (χ0) is 16.7. The molecule has 1 aromatic heterocycles. The molecule has 8 heteroatoms. The Morgan fingerprint density at radius 3 is 2.57 bits per heavy atom. The predicted octanol–water partition coefficient (Wildman–Crippen LogP) is 3.65. The monoisotopic (exact) mass is 338 g/mol. The quantitative estimate of drug-likeness (QED) is 0.746. The molecule has 0 bridgehead atoms. The van der Waals surface area contributed by atoms with Crippen LogP contribution in [-0.2, 0) is 0 Å². The normalized spacial score (nSPS) is 11.0. The van der Waals surface area contributed by atoms with Crippen molar-refractivity contribution in [3.63, 3.8) is 0 Å². The number of aromatic hydroxyl groups is 2. The van der Waals surface area contributed by atoms with E-state index >= 15 is 0 Å². The van der Waals surface area contributed by atoms with Crippen LogP contribution in [0.3, 0.4) is 0 Å². The molecule has 0 amide bonds. The average Bonchev–Trinajstić information content (AvgIpc) is 2.50. The van der Waals surface area contributed by atoms with Crippen LogP contribution in [0.15, 0.2) is 24.3 Å². The van der Waals surface area contributed by atoms with Crippen LogP contribution in [0.5, 0.6) is 17.6 Å². The van der Waals surface area contributed by atoms with Gasteiger partial charge in [0.2, 0.25) is 5.88 Å². The zero-order valence-corrected chi connectivity index (χ0v) is 12.4. The van der Waals surface area contributed by atoms with Gasteiger partial charge in [-0.1, -0.05) is 17.7 Å². The van der Waals surface area contributed by atoms with Crippen LogP contribution < -0.4 is 4.74 Å². The summed E-state index contributed by atoms with van der Waals surface area (Å²) < 4.78 is 34.1. The van der Waals surface area contributed by atoms with Gasteiger partial charge in [-0.2, -0.15) is 9.97 Å². The highest BCUT2D eigenvalue weighted by Gasteiger charge is 2.23. The topological polar surface area (TPSA) is 75.5 Å². The Hall–Kier alpha value is -2.67. The predicted molar refractivity (Wildman–Crippen MR) is 79.8 cm³/mol. The molecule has 0 atom stereocenters. The smallest absolute Gasteiger partial charge is 0.317 e. The van der Waals surface area contributed by atoms with Gasteiger partial charge in [0.15, 0.2) is 5.82 Å². The van der Waals surface area contributed by atoms with E-state index in [4.69, 9.17) is 16.3 Å². The van der Waals surface area contributed by atoms with Gasteiger partial charge in [0.05, 0.1) is 23.1 Å². The van der Waals surface area contributed by atoms with Gasteiger partial charge in [-0.25, -0.2) is 8.78 Å². The first kappa shape index (κ1) is 15.2. The molecule has 0 aliphatic heterocycles. The lowest BCUT2D eigenvalue weighted by molar-refractivity contribution is 0.402. The first-order chi connectivity index (χ1) is 10.9. The van der Waals surface area contributed by atoms with Gasteiger partial charge >= 0.3 is 6.01 Å². The molecule has 0 aliphatic rings. The number of fused-ring (bicyclic) bond motifs is 1. The fourth-order valence-corrected chi connectivity index (χ4v) is 2.60. The van der Waals surface area contributed by atoms with E-state index in [0.717, 1.165) is 6.07 Å². The van der Waals surface area contributed by atoms with Gasteiger partial charge in [-0.15, -0.1) is 0 Å². The number of aromatic nitrogens is 2. The maximum atomic E-state index is 14.9. The van der Waals surface area contributed by atoms with E-state index in [9.17, 15) is 19.0 Å². The van der Waals surface area contributed by atoms with Gasteiger partial charge < -0.3 is 14.9 Å². The highest BCUT2D eigenvalue weighted by molar-refractivity contribution is 6.34. The van der Waals surface area contributed by atoms with Crippen LogP contribution >= 0.6 is 11.6 Å². The van der Waals surface area contributed by atoms with E-state index in [1.807, 2.05) is 0 Å². The average molecular weight is 339 g/mol. The molecule has 23 heavy (non-hydrogen) atoms. The maximum absolute atomic E-state index is 14.9. The molecule has 0 saturated carbocycles. The molecule has 0 fully saturated rings. The summed E-state index contributed by atoms with van der Waals surface area (Å²) in [6.45, 7) is 0. The Kier molecular flexibility index (Phi) is 3.65. The van der Waals surface area contributed by atoms with Crippen molar-refractivity contribution in [2.75, 3.05) is 7.11 Å². The van der Waals surface area contributed by atoms with Gasteiger partial charge in [0.25, 0.3) is 0 Å². The van der Waals surface area contributed by atoms with Crippen molar-refractivity contribution >= 4 is 22.5 Å². The van der Waals surface area contributed by atoms with Crippen LogP contribution in [0.25, 0.3) is 22.0 Å². The lowest BCUT2D eigenvalue weighted by Gasteiger charge is -2.13. The Morgan fingerprint density at radius 2 is 1.87 bits per heavy atom. The van der Waals surface area contributed by atoms with Crippen LogP contribution in [-0.4, -0.2) is 27.3 Å². The Morgan fingerprint density at radius 1 is 1.13 bits per heavy atom. The minimum Gasteiger partial charge on any atom is -0.496 e. The third kappa shape index (κ3) is 2.39. The molecule has 2 aromatic carbocycles. The summed E-state index contributed by atoms with van der Waals surface area (Å²) in [6, 6.07) is 4.36. The van der Waals surface area contributed by atoms with E-state index in [2.05, 4.69) is 9.97 Å². The van der Waals surface area contributed by atoms with Crippen molar-refractivity contribution in [2.45, 2.75) is 0 Å². The van der Waals surface area contributed by atoms with Gasteiger partial charge in [-0.05, 0) is 18.2 Å². The Labute approximate surface area is 133 Å². The number of nitrogens with zero attached hydrogens (tertiary/aromatic N) is 2. The number of hydrogen-bond acceptors (Lipinski definition) is 5. The van der Waals surface area contributed by atoms with Crippen molar-refractivity contribution < 1.29 is 23.7 Å². The lowest BCUT2D eigenvalue weighted by atomic mass is 10.0. The van der Waals surface area contributed by atoms with Gasteiger partial charge in [0, 0.05) is 5.56 Å². The van der Waals surface area contributed by atoms with E-state index in [1.165, 1.54) is 25.3 Å². The summed E-state index contributed by atoms with van der Waals surface area (Å²) in [5.74, 6) is -2.32. The first-order valence-corrected chi connectivity index (χ1v) is 6.72. The van der Waals surface area contributed by atoms with Crippen LogP contribution in [0.1, 0.15) is 0 Å². The molecular weight excluding hydrogens is 330 g/mol. The molecule has 1 heterocycles. The second kappa shape index (κ2) is 5.51. The van der Waals surface area contributed by atoms with Crippen molar-refractivity contribution in [1.29, 1.82) is 0 Å². The second-order valence-electron chi connectivity index (χ2n) is 4.61. The molecule has 118 valence electrons. The highest BCUT2D eigenvalue weighted by Crippen LogP contribution is 2.42. The molecule has 0 aliphatic carbocycles. The lowest BCUT2D eigenvalue weighted by Crippen LogP contribution is -1.98. The van der Waals surface area contributed by atoms with E-state index in [-0.39, 0.29) is 32.8 Å². The number of rotatable bonds is 2. The number of halogens is 3. The van der Waals surface area contributed by atoms with Crippen molar-refractivity contribution in [3.8, 4) is 28.8 Å². The summed E-state index contributed by atoms with van der Waals surface area (Å²) in [5, 5.41) is 18.8. The summed E-state index contributed by atoms with van der Waals surface area (Å²) in [5.41, 5.74) is -0.858.